The Bertz CT molecular complexity index is 944. The average molecular weight is 576 g/mol. The number of carbonyl (C=O) groups excluding carboxylic acids is 3. The maximum absolute atomic E-state index is 14.4. The second kappa shape index (κ2) is 18.1. The lowest BCUT2D eigenvalue weighted by molar-refractivity contribution is -0.145. The minimum absolute atomic E-state index is 0.219. The fourth-order valence-corrected chi connectivity index (χ4v) is 4.88. The minimum Gasteiger partial charge on any atom is -0.444 e. The van der Waals surface area contributed by atoms with Crippen LogP contribution < -0.4 is 10.6 Å². The van der Waals surface area contributed by atoms with E-state index in [0.29, 0.717) is 24.6 Å². The number of carbonyl (C=O) groups is 3. The normalized spacial score (nSPS) is 13.7. The zero-order chi connectivity index (χ0) is 30.3. The predicted octanol–water partition coefficient (Wildman–Crippen LogP) is 6.98. The van der Waals surface area contributed by atoms with Gasteiger partial charge in [-0.3, -0.25) is 9.59 Å². The Labute approximate surface area is 247 Å². The average Bonchev–Trinajstić information content (AvgIpc) is 2.89. The van der Waals surface area contributed by atoms with Crippen LogP contribution in [0.2, 0.25) is 0 Å². The summed E-state index contributed by atoms with van der Waals surface area (Å²) >= 11 is 1.60. The molecule has 0 spiro atoms. The standard InChI is InChI=1S/C32H53N3O4S/c1-10-12-13-20-33-29(36)28(26-16-14-15-25(11-2)22-26)35(24(5)18-17-23(3)4)30(37)27(19-21-40-9)34-31(38)39-32(6,7)8/h11,14-16,22-24,27-28H,2,10,12-13,17-21H2,1,3-9H3,(H,33,36)(H,34,38). The van der Waals surface area contributed by atoms with Crippen LogP contribution in [0.4, 0.5) is 4.79 Å². The van der Waals surface area contributed by atoms with Gasteiger partial charge in [-0.15, -0.1) is 0 Å². The number of amides is 3. The molecule has 1 aromatic carbocycles. The third kappa shape index (κ3) is 12.8. The summed E-state index contributed by atoms with van der Waals surface area (Å²) in [6.07, 6.45) is 8.04. The van der Waals surface area contributed by atoms with E-state index in [-0.39, 0.29) is 17.9 Å². The molecule has 0 aliphatic carbocycles. The van der Waals surface area contributed by atoms with Gasteiger partial charge in [-0.1, -0.05) is 64.5 Å². The Morgan fingerprint density at radius 3 is 2.38 bits per heavy atom. The fraction of sp³-hybridized carbons (Fsp3) is 0.656. The van der Waals surface area contributed by atoms with Crippen molar-refractivity contribution in [1.29, 1.82) is 0 Å². The molecular formula is C32H53N3O4S. The Morgan fingerprint density at radius 1 is 1.10 bits per heavy atom. The quantitative estimate of drug-likeness (QED) is 0.196. The van der Waals surface area contributed by atoms with Crippen molar-refractivity contribution < 1.29 is 19.1 Å². The van der Waals surface area contributed by atoms with Crippen LogP contribution >= 0.6 is 11.8 Å². The molecular weight excluding hydrogens is 522 g/mol. The molecule has 0 aliphatic heterocycles. The second-order valence-electron chi connectivity index (χ2n) is 11.8. The van der Waals surface area contributed by atoms with Crippen molar-refractivity contribution in [2.75, 3.05) is 18.6 Å². The van der Waals surface area contributed by atoms with Crippen molar-refractivity contribution in [3.05, 3.63) is 42.0 Å². The van der Waals surface area contributed by atoms with Gasteiger partial charge in [0.05, 0.1) is 0 Å². The molecule has 3 atom stereocenters. The molecule has 0 radical (unpaired) electrons. The van der Waals surface area contributed by atoms with Crippen LogP contribution in [0.1, 0.15) is 104 Å². The molecule has 0 aliphatic rings. The van der Waals surface area contributed by atoms with E-state index < -0.39 is 23.8 Å². The zero-order valence-electron chi connectivity index (χ0n) is 26.0. The third-order valence-corrected chi connectivity index (χ3v) is 7.20. The van der Waals surface area contributed by atoms with Crippen LogP contribution in [0.15, 0.2) is 30.8 Å². The lowest BCUT2D eigenvalue weighted by Gasteiger charge is -2.39. The van der Waals surface area contributed by atoms with Crippen LogP contribution in [0.25, 0.3) is 6.08 Å². The number of unbranched alkanes of at least 4 members (excludes halogenated alkanes) is 2. The van der Waals surface area contributed by atoms with Crippen LogP contribution in [-0.2, 0) is 14.3 Å². The molecule has 0 saturated carbocycles. The maximum Gasteiger partial charge on any atom is 0.408 e. The first-order valence-corrected chi connectivity index (χ1v) is 16.0. The summed E-state index contributed by atoms with van der Waals surface area (Å²) < 4.78 is 5.50. The van der Waals surface area contributed by atoms with Gasteiger partial charge in [-0.25, -0.2) is 4.79 Å². The SMILES string of the molecule is C=Cc1cccc(C(C(=O)NCCCCC)N(C(=O)C(CCSC)NC(=O)OC(C)(C)C)C(C)CCC(C)C)c1. The molecule has 0 saturated heterocycles. The number of alkyl carbamates (subject to hydrolysis) is 1. The van der Waals surface area contributed by atoms with Crippen LogP contribution in [-0.4, -0.2) is 59.0 Å². The number of rotatable bonds is 17. The van der Waals surface area contributed by atoms with Crippen molar-refractivity contribution in [1.82, 2.24) is 15.5 Å². The lowest BCUT2D eigenvalue weighted by Crippen LogP contribution is -2.55. The Kier molecular flexibility index (Phi) is 16.0. The summed E-state index contributed by atoms with van der Waals surface area (Å²) in [5.74, 6) is 0.606. The first kappa shape index (κ1) is 35.5. The van der Waals surface area contributed by atoms with Crippen LogP contribution in [0, 0.1) is 5.92 Å². The first-order chi connectivity index (χ1) is 18.8. The highest BCUT2D eigenvalue weighted by Crippen LogP contribution is 2.29. The summed E-state index contributed by atoms with van der Waals surface area (Å²) in [6, 6.07) is 5.68. The zero-order valence-corrected chi connectivity index (χ0v) is 26.9. The number of nitrogens with one attached hydrogen (secondary N) is 2. The molecule has 8 heteroatoms. The Morgan fingerprint density at radius 2 is 1.80 bits per heavy atom. The number of hydrogen-bond acceptors (Lipinski definition) is 5. The highest BCUT2D eigenvalue weighted by atomic mass is 32.2. The molecule has 7 nitrogen and oxygen atoms in total. The maximum atomic E-state index is 14.4. The molecule has 1 rings (SSSR count). The smallest absolute Gasteiger partial charge is 0.408 e. The van der Waals surface area contributed by atoms with Crippen LogP contribution in [0.3, 0.4) is 0 Å². The van der Waals surface area contributed by atoms with E-state index in [1.54, 1.807) is 43.5 Å². The molecule has 226 valence electrons. The van der Waals surface area contributed by atoms with Crippen molar-refractivity contribution >= 4 is 35.7 Å². The van der Waals surface area contributed by atoms with E-state index in [4.69, 9.17) is 4.74 Å². The first-order valence-electron chi connectivity index (χ1n) is 14.6. The van der Waals surface area contributed by atoms with Gasteiger partial charge >= 0.3 is 6.09 Å². The summed E-state index contributed by atoms with van der Waals surface area (Å²) in [7, 11) is 0. The summed E-state index contributed by atoms with van der Waals surface area (Å²) in [6.45, 7) is 18.2. The van der Waals surface area contributed by atoms with Gasteiger partial charge in [-0.2, -0.15) is 11.8 Å². The third-order valence-electron chi connectivity index (χ3n) is 6.56. The lowest BCUT2D eigenvalue weighted by atomic mass is 9.96. The van der Waals surface area contributed by atoms with E-state index in [1.807, 2.05) is 37.4 Å². The molecule has 40 heavy (non-hydrogen) atoms. The molecule has 1 aromatic rings. The molecule has 3 amide bonds. The van der Waals surface area contributed by atoms with Gasteiger partial charge < -0.3 is 20.3 Å². The Hall–Kier alpha value is -2.48. The number of nitrogens with zero attached hydrogens (tertiary/aromatic N) is 1. The minimum atomic E-state index is -0.853. The predicted molar refractivity (Wildman–Crippen MR) is 168 cm³/mol. The van der Waals surface area contributed by atoms with E-state index in [2.05, 4.69) is 38.0 Å². The van der Waals surface area contributed by atoms with E-state index >= 15 is 0 Å². The largest absolute Gasteiger partial charge is 0.444 e. The van der Waals surface area contributed by atoms with Gasteiger partial charge in [0, 0.05) is 12.6 Å². The molecule has 0 heterocycles. The topological polar surface area (TPSA) is 87.7 Å². The van der Waals surface area contributed by atoms with Gasteiger partial charge in [-0.05, 0) is 88.5 Å². The second-order valence-corrected chi connectivity index (χ2v) is 12.8. The number of ether oxygens (including phenoxy) is 1. The Balaban J connectivity index is 3.59. The highest BCUT2D eigenvalue weighted by Gasteiger charge is 2.38. The highest BCUT2D eigenvalue weighted by molar-refractivity contribution is 7.98. The molecule has 0 bridgehead atoms. The van der Waals surface area contributed by atoms with Gasteiger partial charge in [0.2, 0.25) is 11.8 Å². The molecule has 0 fully saturated rings. The summed E-state index contributed by atoms with van der Waals surface area (Å²) in [4.78, 5) is 42.8. The summed E-state index contributed by atoms with van der Waals surface area (Å²) in [5.41, 5.74) is 0.887. The molecule has 2 N–H and O–H groups in total. The monoisotopic (exact) mass is 575 g/mol. The fourth-order valence-electron chi connectivity index (χ4n) is 4.41. The van der Waals surface area contributed by atoms with Crippen molar-refractivity contribution in [2.24, 2.45) is 5.92 Å². The van der Waals surface area contributed by atoms with Crippen LogP contribution in [0.5, 0.6) is 0 Å². The van der Waals surface area contributed by atoms with Gasteiger partial charge in [0.15, 0.2) is 0 Å². The van der Waals surface area contributed by atoms with Crippen molar-refractivity contribution in [3.63, 3.8) is 0 Å². The van der Waals surface area contributed by atoms with Gasteiger partial charge in [0.25, 0.3) is 0 Å². The van der Waals surface area contributed by atoms with E-state index in [1.165, 1.54) is 0 Å². The van der Waals surface area contributed by atoms with Crippen molar-refractivity contribution in [2.45, 2.75) is 111 Å². The summed E-state index contributed by atoms with van der Waals surface area (Å²) in [5, 5.41) is 5.91. The number of thioether (sulfide) groups is 1. The van der Waals surface area contributed by atoms with E-state index in [0.717, 1.165) is 43.2 Å². The number of benzene rings is 1. The number of hydrogen-bond donors (Lipinski definition) is 2. The molecule has 3 unspecified atom stereocenters. The van der Waals surface area contributed by atoms with Gasteiger partial charge in [0.1, 0.15) is 17.7 Å². The van der Waals surface area contributed by atoms with E-state index in [9.17, 15) is 14.4 Å². The molecule has 0 aromatic heterocycles. The van der Waals surface area contributed by atoms with Crippen molar-refractivity contribution in [3.8, 4) is 0 Å².